The van der Waals surface area contributed by atoms with Gasteiger partial charge >= 0.3 is 0 Å². The number of nitrogens with one attached hydrogen (secondary N) is 1. The zero-order chi connectivity index (χ0) is 19.7. The average molecular weight is 394 g/mol. The minimum Gasteiger partial charge on any atom is -0.326 e. The van der Waals surface area contributed by atoms with Crippen molar-refractivity contribution < 1.29 is 9.59 Å². The van der Waals surface area contributed by atoms with E-state index in [-0.39, 0.29) is 24.3 Å². The highest BCUT2D eigenvalue weighted by molar-refractivity contribution is 8.15. The monoisotopic (exact) mass is 393 g/mol. The molecular weight excluding hydrogens is 370 g/mol. The summed E-state index contributed by atoms with van der Waals surface area (Å²) in [6.07, 6.45) is 2.15. The van der Waals surface area contributed by atoms with Gasteiger partial charge in [-0.15, -0.1) is 0 Å². The molecule has 1 heterocycles. The molecule has 2 amide bonds. The number of rotatable bonds is 5. The maximum Gasteiger partial charge on any atom is 0.242 e. The van der Waals surface area contributed by atoms with Gasteiger partial charge in [0.25, 0.3) is 0 Å². The van der Waals surface area contributed by atoms with Gasteiger partial charge in [0.15, 0.2) is 5.17 Å². The van der Waals surface area contributed by atoms with Crippen LogP contribution in [0.15, 0.2) is 53.5 Å². The highest BCUT2D eigenvalue weighted by Crippen LogP contribution is 2.39. The second-order valence-electron chi connectivity index (χ2n) is 7.34. The lowest BCUT2D eigenvalue weighted by atomic mass is 10.2. The fourth-order valence-electron chi connectivity index (χ4n) is 3.17. The van der Waals surface area contributed by atoms with E-state index in [1.54, 1.807) is 4.90 Å². The second kappa shape index (κ2) is 7.80. The number of carbonyl (C=O) groups is 2. The molecule has 0 spiro atoms. The van der Waals surface area contributed by atoms with Crippen molar-refractivity contribution in [2.75, 3.05) is 5.32 Å². The highest BCUT2D eigenvalue weighted by atomic mass is 32.2. The van der Waals surface area contributed by atoms with E-state index >= 15 is 0 Å². The normalized spacial score (nSPS) is 20.6. The lowest BCUT2D eigenvalue weighted by Gasteiger charge is -2.15. The molecule has 0 unspecified atom stereocenters. The fourth-order valence-corrected chi connectivity index (χ4v) is 4.39. The van der Waals surface area contributed by atoms with Crippen molar-refractivity contribution in [1.82, 2.24) is 4.90 Å². The topological polar surface area (TPSA) is 61.8 Å². The molecule has 4 rings (SSSR count). The quantitative estimate of drug-likeness (QED) is 0.818. The highest BCUT2D eigenvalue weighted by Gasteiger charge is 2.46. The lowest BCUT2D eigenvalue weighted by Crippen LogP contribution is -2.35. The first-order valence-corrected chi connectivity index (χ1v) is 10.4. The van der Waals surface area contributed by atoms with E-state index in [0.717, 1.165) is 29.8 Å². The Balaban J connectivity index is 1.49. The van der Waals surface area contributed by atoms with Crippen molar-refractivity contribution >= 4 is 40.1 Å². The van der Waals surface area contributed by atoms with E-state index < -0.39 is 5.25 Å². The molecule has 1 saturated heterocycles. The van der Waals surface area contributed by atoms with Crippen molar-refractivity contribution in [2.45, 2.75) is 44.4 Å². The molecule has 28 heavy (non-hydrogen) atoms. The summed E-state index contributed by atoms with van der Waals surface area (Å²) in [5, 5.41) is 3.22. The number of hydrogen-bond donors (Lipinski definition) is 1. The van der Waals surface area contributed by atoms with E-state index in [0.29, 0.717) is 5.17 Å². The van der Waals surface area contributed by atoms with Gasteiger partial charge in [-0.25, -0.2) is 4.99 Å². The number of benzene rings is 2. The molecule has 2 fully saturated rings. The summed E-state index contributed by atoms with van der Waals surface area (Å²) in [4.78, 5) is 32.0. The van der Waals surface area contributed by atoms with Gasteiger partial charge in [-0.2, -0.15) is 0 Å². The van der Waals surface area contributed by atoms with E-state index in [4.69, 9.17) is 4.99 Å². The first-order chi connectivity index (χ1) is 13.5. The van der Waals surface area contributed by atoms with Crippen molar-refractivity contribution in [1.29, 1.82) is 0 Å². The first kappa shape index (κ1) is 18.7. The van der Waals surface area contributed by atoms with Crippen LogP contribution in [0.1, 0.15) is 30.4 Å². The predicted molar refractivity (Wildman–Crippen MR) is 114 cm³/mol. The molecule has 2 aliphatic rings. The Kier molecular flexibility index (Phi) is 5.22. The number of anilines is 1. The molecular formula is C22H23N3O2S. The number of thioether (sulfide) groups is 1. The summed E-state index contributed by atoms with van der Waals surface area (Å²) in [5.74, 6) is -0.147. The van der Waals surface area contributed by atoms with Crippen LogP contribution in [-0.2, 0) is 9.59 Å². The second-order valence-corrected chi connectivity index (χ2v) is 8.51. The smallest absolute Gasteiger partial charge is 0.242 e. The van der Waals surface area contributed by atoms with E-state index in [1.807, 2.05) is 62.4 Å². The third-order valence-electron chi connectivity index (χ3n) is 4.93. The molecule has 1 saturated carbocycles. The van der Waals surface area contributed by atoms with Crippen LogP contribution in [0.4, 0.5) is 11.4 Å². The van der Waals surface area contributed by atoms with Crippen LogP contribution < -0.4 is 5.32 Å². The van der Waals surface area contributed by atoms with Crippen molar-refractivity contribution in [3.8, 4) is 0 Å². The van der Waals surface area contributed by atoms with Crippen molar-refractivity contribution in [3.63, 3.8) is 0 Å². The number of carbonyl (C=O) groups excluding carboxylic acids is 2. The number of nitrogens with zero attached hydrogens (tertiary/aromatic N) is 2. The van der Waals surface area contributed by atoms with Crippen LogP contribution in [-0.4, -0.2) is 33.2 Å². The summed E-state index contributed by atoms with van der Waals surface area (Å²) in [6.45, 7) is 3.98. The Bertz CT molecular complexity index is 935. The number of amides is 2. The zero-order valence-electron chi connectivity index (χ0n) is 16.0. The summed E-state index contributed by atoms with van der Waals surface area (Å²) in [6, 6.07) is 15.8. The molecule has 0 radical (unpaired) electrons. The SMILES string of the molecule is Cc1ccc(N=C2S[C@@H](CC(=O)Nc3ccccc3C)C(=O)N2C2CC2)cc1. The molecule has 1 aliphatic carbocycles. The van der Waals surface area contributed by atoms with Crippen LogP contribution in [0.5, 0.6) is 0 Å². The van der Waals surface area contributed by atoms with Gasteiger partial charge < -0.3 is 5.32 Å². The Morgan fingerprint density at radius 3 is 2.54 bits per heavy atom. The van der Waals surface area contributed by atoms with Crippen LogP contribution in [0.2, 0.25) is 0 Å². The van der Waals surface area contributed by atoms with Gasteiger partial charge in [-0.3, -0.25) is 14.5 Å². The Morgan fingerprint density at radius 2 is 1.86 bits per heavy atom. The molecule has 1 N–H and O–H groups in total. The molecule has 5 nitrogen and oxygen atoms in total. The number of amidine groups is 1. The number of hydrogen-bond acceptors (Lipinski definition) is 4. The molecule has 2 aromatic rings. The van der Waals surface area contributed by atoms with Gasteiger partial charge in [0.05, 0.1) is 5.69 Å². The number of para-hydroxylation sites is 1. The summed E-state index contributed by atoms with van der Waals surface area (Å²) < 4.78 is 0. The van der Waals surface area contributed by atoms with Crippen LogP contribution in [0, 0.1) is 13.8 Å². The van der Waals surface area contributed by atoms with E-state index in [1.165, 1.54) is 17.3 Å². The molecule has 0 bridgehead atoms. The third-order valence-corrected chi connectivity index (χ3v) is 6.08. The lowest BCUT2D eigenvalue weighted by molar-refractivity contribution is -0.128. The number of aliphatic imine (C=N–C) groups is 1. The average Bonchev–Trinajstić information content (AvgIpc) is 3.45. The van der Waals surface area contributed by atoms with Gasteiger partial charge in [-0.1, -0.05) is 47.7 Å². The van der Waals surface area contributed by atoms with Crippen LogP contribution in [0.3, 0.4) is 0 Å². The van der Waals surface area contributed by atoms with Gasteiger partial charge in [-0.05, 0) is 50.5 Å². The standard InChI is InChI=1S/C22H23N3O2S/c1-14-7-9-16(10-8-14)23-22-25(17-11-12-17)21(27)19(28-22)13-20(26)24-18-6-4-3-5-15(18)2/h3-10,17,19H,11-13H2,1-2H3,(H,24,26)/t19-/m0/s1. The summed E-state index contributed by atoms with van der Waals surface area (Å²) >= 11 is 1.40. The van der Waals surface area contributed by atoms with Gasteiger partial charge in [0.2, 0.25) is 11.8 Å². The largest absolute Gasteiger partial charge is 0.326 e. The van der Waals surface area contributed by atoms with E-state index in [2.05, 4.69) is 5.32 Å². The fraction of sp³-hybridized carbons (Fsp3) is 0.318. The third kappa shape index (κ3) is 4.12. The molecule has 1 aliphatic heterocycles. The Morgan fingerprint density at radius 1 is 1.14 bits per heavy atom. The Labute approximate surface area is 169 Å². The maximum absolute atomic E-state index is 12.9. The van der Waals surface area contributed by atoms with E-state index in [9.17, 15) is 9.59 Å². The van der Waals surface area contributed by atoms with Gasteiger partial charge in [0.1, 0.15) is 5.25 Å². The Hall–Kier alpha value is -2.60. The number of aryl methyl sites for hydroxylation is 2. The van der Waals surface area contributed by atoms with Crippen molar-refractivity contribution in [2.24, 2.45) is 4.99 Å². The summed E-state index contributed by atoms with van der Waals surface area (Å²) in [7, 11) is 0. The molecule has 144 valence electrons. The van der Waals surface area contributed by atoms with Crippen LogP contribution in [0.25, 0.3) is 0 Å². The van der Waals surface area contributed by atoms with Gasteiger partial charge in [0, 0.05) is 18.2 Å². The zero-order valence-corrected chi connectivity index (χ0v) is 16.8. The molecule has 2 aromatic carbocycles. The summed E-state index contributed by atoms with van der Waals surface area (Å²) in [5.41, 5.74) is 3.79. The van der Waals surface area contributed by atoms with Crippen molar-refractivity contribution in [3.05, 3.63) is 59.7 Å². The minimum absolute atomic E-state index is 0.00158. The molecule has 6 heteroatoms. The van der Waals surface area contributed by atoms with Crippen LogP contribution >= 0.6 is 11.8 Å². The molecule has 1 atom stereocenters. The minimum atomic E-state index is -0.422. The predicted octanol–water partition coefficient (Wildman–Crippen LogP) is 4.43. The maximum atomic E-state index is 12.9. The molecule has 0 aromatic heterocycles. The first-order valence-electron chi connectivity index (χ1n) is 9.52.